The molecule has 1 amide bonds. The highest BCUT2D eigenvalue weighted by molar-refractivity contribution is 8.13. The minimum Gasteiger partial charge on any atom is -0.481 e. The minimum atomic E-state index is -4.21. The second kappa shape index (κ2) is 12.5. The Labute approximate surface area is 278 Å². The zero-order chi connectivity index (χ0) is 33.6. The van der Waals surface area contributed by atoms with Gasteiger partial charge in [0.2, 0.25) is 0 Å². The Balaban J connectivity index is 1.23. The number of aryl methyl sites for hydroxylation is 2. The topological polar surface area (TPSA) is 144 Å². The smallest absolute Gasteiger partial charge is 0.306 e. The molecule has 3 aromatic carbocycles. The SMILES string of the molecule is Cc1sc2c(c1C)C(c1ccc(-c3ccc(C(=O)NCc4ccc(S(=O)(=O)Cl)c(F)c4)cc3)cc1)=N[C@@H](CC(=O)O)c1nnc(C)n1-2. The fourth-order valence-electron chi connectivity index (χ4n) is 5.46. The first-order chi connectivity index (χ1) is 22.3. The zero-order valence-corrected chi connectivity index (χ0v) is 27.7. The molecule has 1 atom stereocenters. The fourth-order valence-corrected chi connectivity index (χ4v) is 7.57. The van der Waals surface area contributed by atoms with E-state index in [1.165, 1.54) is 6.07 Å². The molecule has 2 aromatic heterocycles. The number of carboxylic acid groups (broad SMARTS) is 1. The van der Waals surface area contributed by atoms with Crippen LogP contribution in [0.15, 0.2) is 76.6 Å². The molecular weight excluding hydrogens is 665 g/mol. The second-order valence-corrected chi connectivity index (χ2v) is 14.8. The lowest BCUT2D eigenvalue weighted by atomic mass is 9.96. The van der Waals surface area contributed by atoms with E-state index in [4.69, 9.17) is 15.7 Å². The first kappa shape index (κ1) is 32.2. The largest absolute Gasteiger partial charge is 0.481 e. The van der Waals surface area contributed by atoms with Gasteiger partial charge >= 0.3 is 5.97 Å². The lowest BCUT2D eigenvalue weighted by Crippen LogP contribution is -2.22. The van der Waals surface area contributed by atoms with Crippen molar-refractivity contribution in [1.29, 1.82) is 0 Å². The van der Waals surface area contributed by atoms with Gasteiger partial charge in [0.15, 0.2) is 5.82 Å². The number of hydrogen-bond acceptors (Lipinski definition) is 8. The molecule has 1 aliphatic heterocycles. The molecular formula is C33H27ClFN5O5S2. The summed E-state index contributed by atoms with van der Waals surface area (Å²) in [5.41, 5.74) is 6.03. The maximum absolute atomic E-state index is 14.1. The molecule has 0 saturated heterocycles. The minimum absolute atomic E-state index is 0.0128. The molecule has 5 aromatic rings. The van der Waals surface area contributed by atoms with E-state index in [-0.39, 0.29) is 18.9 Å². The predicted molar refractivity (Wildman–Crippen MR) is 177 cm³/mol. The molecule has 1 aliphatic rings. The van der Waals surface area contributed by atoms with Gasteiger partial charge in [-0.25, -0.2) is 12.8 Å². The standard InChI is InChI=1S/C33H27ClFN5O5S2/c1-17-18(2)46-33-29(17)30(37-26(15-28(41)42)31-39-38-19(3)40(31)33)23-9-5-21(6-10-23)22-7-11-24(12-8-22)32(43)36-16-20-4-13-27(25(35)14-20)47(34,44)45/h4-14,26H,15-16H2,1-3H3,(H,36,43)(H,41,42)/t26-/m0/s1. The highest BCUT2D eigenvalue weighted by Crippen LogP contribution is 2.39. The Morgan fingerprint density at radius 3 is 2.23 bits per heavy atom. The van der Waals surface area contributed by atoms with Gasteiger partial charge in [0.1, 0.15) is 27.6 Å². The molecule has 240 valence electrons. The van der Waals surface area contributed by atoms with Crippen molar-refractivity contribution in [3.63, 3.8) is 0 Å². The number of aromatic nitrogens is 3. The number of carboxylic acids is 1. The summed E-state index contributed by atoms with van der Waals surface area (Å²) in [7, 11) is 1.02. The average Bonchev–Trinajstić information content (AvgIpc) is 3.51. The van der Waals surface area contributed by atoms with E-state index < -0.39 is 31.8 Å². The van der Waals surface area contributed by atoms with E-state index >= 15 is 0 Å². The van der Waals surface area contributed by atoms with Crippen molar-refractivity contribution in [1.82, 2.24) is 20.1 Å². The normalized spacial score (nSPS) is 14.1. The number of fused-ring (bicyclic) bond motifs is 3. The van der Waals surface area contributed by atoms with Gasteiger partial charge in [-0.15, -0.1) is 21.5 Å². The van der Waals surface area contributed by atoms with Crippen LogP contribution in [-0.2, 0) is 20.4 Å². The van der Waals surface area contributed by atoms with Gasteiger partial charge in [-0.2, -0.15) is 0 Å². The molecule has 2 N–H and O–H groups in total. The van der Waals surface area contributed by atoms with Gasteiger partial charge in [0.25, 0.3) is 15.0 Å². The number of carbonyl (C=O) groups excluding carboxylic acids is 1. The van der Waals surface area contributed by atoms with Crippen molar-refractivity contribution in [3.05, 3.63) is 117 Å². The van der Waals surface area contributed by atoms with E-state index in [2.05, 4.69) is 15.5 Å². The summed E-state index contributed by atoms with van der Waals surface area (Å²) in [4.78, 5) is 30.0. The van der Waals surface area contributed by atoms with Crippen molar-refractivity contribution in [2.24, 2.45) is 4.99 Å². The molecule has 0 saturated carbocycles. The summed E-state index contributed by atoms with van der Waals surface area (Å²) >= 11 is 1.60. The van der Waals surface area contributed by atoms with Gasteiger partial charge in [-0.1, -0.05) is 42.5 Å². The van der Waals surface area contributed by atoms with Crippen LogP contribution < -0.4 is 5.32 Å². The van der Waals surface area contributed by atoms with Crippen molar-refractivity contribution in [2.75, 3.05) is 0 Å². The number of nitrogens with one attached hydrogen (secondary N) is 1. The Morgan fingerprint density at radius 2 is 1.62 bits per heavy atom. The number of rotatable bonds is 8. The number of amides is 1. The molecule has 14 heteroatoms. The third kappa shape index (κ3) is 6.33. The molecule has 0 aliphatic carbocycles. The number of carbonyl (C=O) groups is 2. The molecule has 0 bridgehead atoms. The Hall–Kier alpha value is -4.72. The molecule has 3 heterocycles. The van der Waals surface area contributed by atoms with Crippen LogP contribution in [0.3, 0.4) is 0 Å². The first-order valence-electron chi connectivity index (χ1n) is 14.4. The van der Waals surface area contributed by atoms with E-state index in [1.54, 1.807) is 23.5 Å². The summed E-state index contributed by atoms with van der Waals surface area (Å²) in [6.45, 7) is 5.91. The van der Waals surface area contributed by atoms with Gasteiger partial charge in [-0.05, 0) is 67.3 Å². The molecule has 10 nitrogen and oxygen atoms in total. The Bertz CT molecular complexity index is 2190. The number of thiophene rings is 1. The molecule has 47 heavy (non-hydrogen) atoms. The number of halogens is 2. The number of aliphatic imine (C=N–C) groups is 1. The second-order valence-electron chi connectivity index (χ2n) is 11.0. The molecule has 0 unspecified atom stereocenters. The van der Waals surface area contributed by atoms with Crippen LogP contribution in [0, 0.1) is 26.6 Å². The summed E-state index contributed by atoms with van der Waals surface area (Å²) in [6, 6.07) is 17.5. The monoisotopic (exact) mass is 691 g/mol. The summed E-state index contributed by atoms with van der Waals surface area (Å²) in [5, 5.41) is 21.8. The van der Waals surface area contributed by atoms with Gasteiger partial charge in [0.05, 0.1) is 12.1 Å². The number of hydrogen-bond donors (Lipinski definition) is 2. The summed E-state index contributed by atoms with van der Waals surface area (Å²) in [6.07, 6.45) is -0.228. The molecule has 0 radical (unpaired) electrons. The lowest BCUT2D eigenvalue weighted by Gasteiger charge is -2.12. The van der Waals surface area contributed by atoms with Gasteiger partial charge in [-0.3, -0.25) is 19.1 Å². The first-order valence-corrected chi connectivity index (χ1v) is 17.5. The van der Waals surface area contributed by atoms with Crippen molar-refractivity contribution < 1.29 is 27.5 Å². The van der Waals surface area contributed by atoms with Crippen molar-refractivity contribution in [3.8, 4) is 16.1 Å². The Morgan fingerprint density at radius 1 is 0.979 bits per heavy atom. The zero-order valence-electron chi connectivity index (χ0n) is 25.3. The van der Waals surface area contributed by atoms with E-state index in [9.17, 15) is 27.5 Å². The third-order valence-corrected chi connectivity index (χ3v) is 10.5. The van der Waals surface area contributed by atoms with Crippen LogP contribution in [0.1, 0.15) is 61.6 Å². The summed E-state index contributed by atoms with van der Waals surface area (Å²) in [5.74, 6) is -1.20. The highest BCUT2D eigenvalue weighted by Gasteiger charge is 2.32. The van der Waals surface area contributed by atoms with Crippen molar-refractivity contribution in [2.45, 2.75) is 44.7 Å². The number of benzene rings is 3. The molecule has 0 spiro atoms. The summed E-state index contributed by atoms with van der Waals surface area (Å²) < 4.78 is 38.9. The maximum Gasteiger partial charge on any atom is 0.306 e. The van der Waals surface area contributed by atoms with Crippen LogP contribution in [0.5, 0.6) is 0 Å². The van der Waals surface area contributed by atoms with Crippen LogP contribution in [0.2, 0.25) is 0 Å². The van der Waals surface area contributed by atoms with Crippen LogP contribution in [0.4, 0.5) is 4.39 Å². The van der Waals surface area contributed by atoms with E-state index in [0.717, 1.165) is 49.8 Å². The third-order valence-electron chi connectivity index (χ3n) is 7.96. The van der Waals surface area contributed by atoms with Gasteiger partial charge < -0.3 is 10.4 Å². The quantitative estimate of drug-likeness (QED) is 0.182. The van der Waals surface area contributed by atoms with Crippen molar-refractivity contribution >= 4 is 48.7 Å². The molecule has 0 fully saturated rings. The van der Waals surface area contributed by atoms with E-state index in [1.807, 2.05) is 61.7 Å². The van der Waals surface area contributed by atoms with Crippen LogP contribution >= 0.6 is 22.0 Å². The molecule has 6 rings (SSSR count). The fraction of sp³-hybridized carbons (Fsp3) is 0.182. The maximum atomic E-state index is 14.1. The predicted octanol–water partition coefficient (Wildman–Crippen LogP) is 6.28. The lowest BCUT2D eigenvalue weighted by molar-refractivity contribution is -0.137. The highest BCUT2D eigenvalue weighted by atomic mass is 35.7. The average molecular weight is 692 g/mol. The number of aliphatic carboxylic acids is 1. The Kier molecular flexibility index (Phi) is 8.55. The van der Waals surface area contributed by atoms with Crippen LogP contribution in [-0.4, -0.2) is 45.9 Å². The number of nitrogens with zero attached hydrogens (tertiary/aromatic N) is 4. The van der Waals surface area contributed by atoms with Gasteiger partial charge in [0, 0.05) is 38.8 Å². The van der Waals surface area contributed by atoms with E-state index in [0.29, 0.717) is 28.5 Å². The van der Waals surface area contributed by atoms with Crippen LogP contribution in [0.25, 0.3) is 16.1 Å².